The van der Waals surface area contributed by atoms with Crippen molar-refractivity contribution in [2.75, 3.05) is 25.2 Å². The number of carbonyl (C=O) groups is 1. The van der Waals surface area contributed by atoms with Crippen LogP contribution in [0.15, 0.2) is 24.5 Å². The van der Waals surface area contributed by atoms with Crippen molar-refractivity contribution in [1.82, 2.24) is 4.98 Å². The summed E-state index contributed by atoms with van der Waals surface area (Å²) in [6, 6.07) is 3.61. The van der Waals surface area contributed by atoms with Gasteiger partial charge in [0.2, 0.25) is 0 Å². The average molecular weight is 208 g/mol. The average Bonchev–Trinajstić information content (AvgIpc) is 2.61. The number of pyridine rings is 1. The van der Waals surface area contributed by atoms with Gasteiger partial charge in [-0.3, -0.25) is 9.88 Å². The molecular weight excluding hydrogens is 196 g/mol. The lowest BCUT2D eigenvalue weighted by molar-refractivity contribution is 0.0718. The maximum atomic E-state index is 11.5. The number of carbonyl (C=O) groups excluding carboxylic acids is 1. The highest BCUT2D eigenvalue weighted by atomic mass is 16.6. The molecule has 0 spiro atoms. The zero-order valence-corrected chi connectivity index (χ0v) is 8.42. The van der Waals surface area contributed by atoms with Crippen LogP contribution in [0.3, 0.4) is 0 Å². The highest BCUT2D eigenvalue weighted by molar-refractivity contribution is 5.89. The molecule has 1 saturated heterocycles. The summed E-state index contributed by atoms with van der Waals surface area (Å²) >= 11 is 0. The van der Waals surface area contributed by atoms with Crippen LogP contribution >= 0.6 is 0 Å². The number of anilines is 1. The zero-order valence-electron chi connectivity index (χ0n) is 8.42. The second kappa shape index (κ2) is 4.27. The van der Waals surface area contributed by atoms with Crippen LogP contribution in [-0.4, -0.2) is 37.4 Å². The molecule has 15 heavy (non-hydrogen) atoms. The van der Waals surface area contributed by atoms with Crippen molar-refractivity contribution >= 4 is 11.8 Å². The Labute approximate surface area is 87.6 Å². The van der Waals surface area contributed by atoms with Crippen LogP contribution in [0, 0.1) is 0 Å². The van der Waals surface area contributed by atoms with Gasteiger partial charge in [0.1, 0.15) is 6.10 Å². The minimum absolute atomic E-state index is 0.192. The monoisotopic (exact) mass is 208 g/mol. The summed E-state index contributed by atoms with van der Waals surface area (Å²) in [5.41, 5.74) is 0.751. The van der Waals surface area contributed by atoms with E-state index in [1.54, 1.807) is 30.5 Å². The minimum Gasteiger partial charge on any atom is -0.441 e. The van der Waals surface area contributed by atoms with Crippen molar-refractivity contribution < 1.29 is 14.3 Å². The summed E-state index contributed by atoms with van der Waals surface area (Å²) in [4.78, 5) is 17.0. The van der Waals surface area contributed by atoms with E-state index in [4.69, 9.17) is 9.47 Å². The first kappa shape index (κ1) is 9.92. The summed E-state index contributed by atoms with van der Waals surface area (Å²) in [6.07, 6.45) is 2.77. The summed E-state index contributed by atoms with van der Waals surface area (Å²) in [5.74, 6) is 0. The molecule has 80 valence electrons. The molecule has 1 atom stereocenters. The zero-order chi connectivity index (χ0) is 10.7. The fourth-order valence-electron chi connectivity index (χ4n) is 1.52. The Morgan fingerprint density at radius 3 is 3.27 bits per heavy atom. The van der Waals surface area contributed by atoms with E-state index >= 15 is 0 Å². The van der Waals surface area contributed by atoms with Gasteiger partial charge in [-0.25, -0.2) is 4.79 Å². The molecule has 5 heteroatoms. The molecule has 0 bridgehead atoms. The third kappa shape index (κ3) is 2.07. The lowest BCUT2D eigenvalue weighted by atomic mass is 10.3. The molecule has 1 aliphatic heterocycles. The summed E-state index contributed by atoms with van der Waals surface area (Å²) in [7, 11) is 1.58. The van der Waals surface area contributed by atoms with Gasteiger partial charge >= 0.3 is 6.09 Å². The summed E-state index contributed by atoms with van der Waals surface area (Å²) < 4.78 is 10.0. The number of rotatable bonds is 3. The molecule has 1 amide bonds. The van der Waals surface area contributed by atoms with Crippen LogP contribution < -0.4 is 4.90 Å². The second-order valence-corrected chi connectivity index (χ2v) is 3.28. The van der Waals surface area contributed by atoms with Crippen LogP contribution in [0.25, 0.3) is 0 Å². The Balaban J connectivity index is 2.09. The lowest BCUT2D eigenvalue weighted by Crippen LogP contribution is -2.25. The molecule has 1 fully saturated rings. The van der Waals surface area contributed by atoms with E-state index in [0.717, 1.165) is 5.69 Å². The lowest BCUT2D eigenvalue weighted by Gasteiger charge is -2.11. The van der Waals surface area contributed by atoms with E-state index in [2.05, 4.69) is 4.98 Å². The number of methoxy groups -OCH3 is 1. The van der Waals surface area contributed by atoms with E-state index in [1.807, 2.05) is 6.07 Å². The first-order valence-corrected chi connectivity index (χ1v) is 4.68. The van der Waals surface area contributed by atoms with Gasteiger partial charge in [0.15, 0.2) is 0 Å². The number of ether oxygens (including phenoxy) is 2. The highest BCUT2D eigenvalue weighted by Crippen LogP contribution is 2.20. The topological polar surface area (TPSA) is 51.7 Å². The van der Waals surface area contributed by atoms with Crippen LogP contribution in [-0.2, 0) is 9.47 Å². The van der Waals surface area contributed by atoms with Crippen LogP contribution in [0.5, 0.6) is 0 Å². The predicted molar refractivity (Wildman–Crippen MR) is 53.7 cm³/mol. The van der Waals surface area contributed by atoms with E-state index in [0.29, 0.717) is 13.2 Å². The SMILES string of the molecule is COCC1CN(c2cccnc2)C(=O)O1. The largest absolute Gasteiger partial charge is 0.441 e. The van der Waals surface area contributed by atoms with Gasteiger partial charge in [0, 0.05) is 13.3 Å². The standard InChI is InChI=1S/C10H12N2O3/c1-14-7-9-6-12(10(13)15-9)8-3-2-4-11-5-8/h2-5,9H,6-7H2,1H3. The highest BCUT2D eigenvalue weighted by Gasteiger charge is 2.32. The molecule has 2 rings (SSSR count). The quantitative estimate of drug-likeness (QED) is 0.745. The number of amides is 1. The third-order valence-electron chi connectivity index (χ3n) is 2.18. The van der Waals surface area contributed by atoms with E-state index in [9.17, 15) is 4.79 Å². The molecule has 0 aliphatic carbocycles. The Morgan fingerprint density at radius 1 is 1.73 bits per heavy atom. The Hall–Kier alpha value is -1.62. The van der Waals surface area contributed by atoms with Gasteiger partial charge in [-0.15, -0.1) is 0 Å². The first-order chi connectivity index (χ1) is 7.31. The van der Waals surface area contributed by atoms with Gasteiger partial charge in [0.25, 0.3) is 0 Å². The van der Waals surface area contributed by atoms with Crippen LogP contribution in [0.1, 0.15) is 0 Å². The Morgan fingerprint density at radius 2 is 2.60 bits per heavy atom. The molecule has 5 nitrogen and oxygen atoms in total. The van der Waals surface area contributed by atoms with Crippen molar-refractivity contribution in [2.45, 2.75) is 6.10 Å². The minimum atomic E-state index is -0.343. The van der Waals surface area contributed by atoms with Crippen molar-refractivity contribution in [3.8, 4) is 0 Å². The number of hydrogen-bond acceptors (Lipinski definition) is 4. The van der Waals surface area contributed by atoms with Crippen molar-refractivity contribution in [3.05, 3.63) is 24.5 Å². The first-order valence-electron chi connectivity index (χ1n) is 4.68. The van der Waals surface area contributed by atoms with Gasteiger partial charge < -0.3 is 9.47 Å². The van der Waals surface area contributed by atoms with Crippen molar-refractivity contribution in [3.63, 3.8) is 0 Å². The molecule has 1 aliphatic rings. The fourth-order valence-corrected chi connectivity index (χ4v) is 1.52. The molecule has 1 aromatic heterocycles. The third-order valence-corrected chi connectivity index (χ3v) is 2.18. The van der Waals surface area contributed by atoms with E-state index < -0.39 is 0 Å². The normalized spacial score (nSPS) is 20.5. The molecule has 0 N–H and O–H groups in total. The number of nitrogens with zero attached hydrogens (tertiary/aromatic N) is 2. The molecule has 0 radical (unpaired) electrons. The Kier molecular flexibility index (Phi) is 2.82. The van der Waals surface area contributed by atoms with Gasteiger partial charge in [-0.1, -0.05) is 0 Å². The summed E-state index contributed by atoms with van der Waals surface area (Å²) in [5, 5.41) is 0. The molecule has 0 saturated carbocycles. The van der Waals surface area contributed by atoms with E-state index in [-0.39, 0.29) is 12.2 Å². The van der Waals surface area contributed by atoms with Gasteiger partial charge in [-0.05, 0) is 12.1 Å². The number of hydrogen-bond donors (Lipinski definition) is 0. The van der Waals surface area contributed by atoms with Gasteiger partial charge in [-0.2, -0.15) is 0 Å². The molecule has 1 unspecified atom stereocenters. The van der Waals surface area contributed by atoms with Gasteiger partial charge in [0.05, 0.1) is 25.0 Å². The number of cyclic esters (lactones) is 1. The molecule has 0 aromatic carbocycles. The predicted octanol–water partition coefficient (Wildman–Crippen LogP) is 1.05. The Bertz CT molecular complexity index is 342. The molecule has 2 heterocycles. The summed E-state index contributed by atoms with van der Waals surface area (Å²) in [6.45, 7) is 0.931. The molecule has 1 aromatic rings. The second-order valence-electron chi connectivity index (χ2n) is 3.28. The smallest absolute Gasteiger partial charge is 0.414 e. The maximum Gasteiger partial charge on any atom is 0.414 e. The van der Waals surface area contributed by atoms with Crippen molar-refractivity contribution in [2.24, 2.45) is 0 Å². The van der Waals surface area contributed by atoms with Crippen LogP contribution in [0.2, 0.25) is 0 Å². The molecular formula is C10H12N2O3. The van der Waals surface area contributed by atoms with Crippen molar-refractivity contribution in [1.29, 1.82) is 0 Å². The fraction of sp³-hybridized carbons (Fsp3) is 0.400. The maximum absolute atomic E-state index is 11.5. The van der Waals surface area contributed by atoms with E-state index in [1.165, 1.54) is 0 Å². The van der Waals surface area contributed by atoms with Crippen LogP contribution in [0.4, 0.5) is 10.5 Å². The number of aromatic nitrogens is 1.